The molecule has 3 rings (SSSR count). The van der Waals surface area contributed by atoms with E-state index in [4.69, 9.17) is 4.74 Å². The first kappa shape index (κ1) is 9.83. The molecule has 6 heteroatoms. The smallest absolute Gasteiger partial charge is 0.414 e. The predicted octanol–water partition coefficient (Wildman–Crippen LogP) is 1.22. The van der Waals surface area contributed by atoms with Gasteiger partial charge in [0, 0.05) is 5.69 Å². The van der Waals surface area contributed by atoms with Gasteiger partial charge in [-0.05, 0) is 24.3 Å². The lowest BCUT2D eigenvalue weighted by atomic mass is 10.2. The van der Waals surface area contributed by atoms with Gasteiger partial charge in [0.2, 0.25) is 0 Å². The third-order valence-corrected chi connectivity index (χ3v) is 2.61. The fraction of sp³-hybridized carbons (Fsp3) is 0.182. The molecule has 1 aromatic heterocycles. The van der Waals surface area contributed by atoms with Gasteiger partial charge in [-0.1, -0.05) is 5.21 Å². The second kappa shape index (κ2) is 3.89. The van der Waals surface area contributed by atoms with Crippen LogP contribution < -0.4 is 4.90 Å². The summed E-state index contributed by atoms with van der Waals surface area (Å²) in [6.45, 7) is 1.05. The van der Waals surface area contributed by atoms with Crippen LogP contribution in [-0.2, 0) is 4.74 Å². The molecule has 0 bridgehead atoms. The quantitative estimate of drug-likeness (QED) is 0.778. The van der Waals surface area contributed by atoms with E-state index in [2.05, 4.69) is 10.3 Å². The maximum Gasteiger partial charge on any atom is 0.414 e. The molecule has 1 aromatic carbocycles. The first-order valence-corrected chi connectivity index (χ1v) is 5.26. The lowest BCUT2D eigenvalue weighted by Crippen LogP contribution is -2.23. The van der Waals surface area contributed by atoms with Gasteiger partial charge in [-0.15, -0.1) is 5.10 Å². The van der Waals surface area contributed by atoms with E-state index in [-0.39, 0.29) is 6.09 Å². The van der Waals surface area contributed by atoms with E-state index in [0.29, 0.717) is 13.2 Å². The summed E-state index contributed by atoms with van der Waals surface area (Å²) < 4.78 is 6.54. The van der Waals surface area contributed by atoms with E-state index in [1.54, 1.807) is 22.0 Å². The number of nitrogens with zero attached hydrogens (tertiary/aromatic N) is 4. The molecule has 86 valence electrons. The fourth-order valence-corrected chi connectivity index (χ4v) is 1.76. The fourth-order valence-electron chi connectivity index (χ4n) is 1.76. The van der Waals surface area contributed by atoms with Crippen molar-refractivity contribution in [2.45, 2.75) is 0 Å². The largest absolute Gasteiger partial charge is 0.447 e. The Morgan fingerprint density at radius 3 is 2.53 bits per heavy atom. The number of anilines is 1. The average molecular weight is 230 g/mol. The monoisotopic (exact) mass is 230 g/mol. The van der Waals surface area contributed by atoms with E-state index in [1.165, 1.54) is 0 Å². The number of carbonyl (C=O) groups excluding carboxylic acids is 1. The zero-order valence-corrected chi connectivity index (χ0v) is 8.98. The van der Waals surface area contributed by atoms with Crippen LogP contribution in [-0.4, -0.2) is 34.2 Å². The molecule has 6 nitrogen and oxygen atoms in total. The molecule has 1 fully saturated rings. The molecule has 0 atom stereocenters. The number of amides is 1. The molecule has 2 heterocycles. The van der Waals surface area contributed by atoms with Crippen molar-refractivity contribution in [2.24, 2.45) is 0 Å². The topological polar surface area (TPSA) is 60.2 Å². The normalized spacial score (nSPS) is 15.1. The minimum atomic E-state index is -0.293. The standard InChI is InChI=1S/C11H10N4O2/c16-11-14(7-8-17-11)9-1-3-10(4-2-9)15-6-5-12-13-15/h1-6H,7-8H2. The van der Waals surface area contributed by atoms with Gasteiger partial charge in [0.1, 0.15) is 6.61 Å². The van der Waals surface area contributed by atoms with Crippen molar-refractivity contribution in [3.63, 3.8) is 0 Å². The molecule has 0 N–H and O–H groups in total. The molecule has 1 aliphatic heterocycles. The molecule has 17 heavy (non-hydrogen) atoms. The number of rotatable bonds is 2. The number of carbonyl (C=O) groups is 1. The Morgan fingerprint density at radius 1 is 1.18 bits per heavy atom. The highest BCUT2D eigenvalue weighted by Gasteiger charge is 2.23. The number of ether oxygens (including phenoxy) is 1. The minimum Gasteiger partial charge on any atom is -0.447 e. The zero-order chi connectivity index (χ0) is 11.7. The van der Waals surface area contributed by atoms with Crippen molar-refractivity contribution in [3.05, 3.63) is 36.7 Å². The maximum absolute atomic E-state index is 11.4. The van der Waals surface area contributed by atoms with Crippen molar-refractivity contribution in [1.82, 2.24) is 15.0 Å². The number of aromatic nitrogens is 3. The molecule has 1 saturated heterocycles. The highest BCUT2D eigenvalue weighted by atomic mass is 16.6. The summed E-state index contributed by atoms with van der Waals surface area (Å²) in [6, 6.07) is 7.50. The van der Waals surface area contributed by atoms with Gasteiger partial charge >= 0.3 is 6.09 Å². The summed E-state index contributed by atoms with van der Waals surface area (Å²) in [7, 11) is 0. The Labute approximate surface area is 97.4 Å². The molecular weight excluding hydrogens is 220 g/mol. The van der Waals surface area contributed by atoms with Crippen molar-refractivity contribution < 1.29 is 9.53 Å². The van der Waals surface area contributed by atoms with Crippen molar-refractivity contribution in [3.8, 4) is 5.69 Å². The molecular formula is C11H10N4O2. The summed E-state index contributed by atoms with van der Waals surface area (Å²) in [5.41, 5.74) is 1.73. The Morgan fingerprint density at radius 2 is 1.94 bits per heavy atom. The molecule has 0 saturated carbocycles. The van der Waals surface area contributed by atoms with Gasteiger partial charge in [-0.3, -0.25) is 4.90 Å². The van der Waals surface area contributed by atoms with E-state index < -0.39 is 0 Å². The Hall–Kier alpha value is -2.37. The number of hydrogen-bond acceptors (Lipinski definition) is 4. The Kier molecular flexibility index (Phi) is 2.25. The van der Waals surface area contributed by atoms with E-state index in [9.17, 15) is 4.79 Å². The van der Waals surface area contributed by atoms with Crippen molar-refractivity contribution in [2.75, 3.05) is 18.1 Å². The number of cyclic esters (lactones) is 1. The Bertz CT molecular complexity index is 521. The molecule has 2 aromatic rings. The van der Waals surface area contributed by atoms with E-state index in [0.717, 1.165) is 11.4 Å². The van der Waals surface area contributed by atoms with Crippen molar-refractivity contribution in [1.29, 1.82) is 0 Å². The summed E-state index contributed by atoms with van der Waals surface area (Å²) in [6.07, 6.45) is 3.09. The van der Waals surface area contributed by atoms with Crippen LogP contribution in [0.5, 0.6) is 0 Å². The SMILES string of the molecule is O=C1OCCN1c1ccc(-n2ccnn2)cc1. The number of benzene rings is 1. The lowest BCUT2D eigenvalue weighted by molar-refractivity contribution is 0.181. The van der Waals surface area contributed by atoms with Crippen LogP contribution in [0.3, 0.4) is 0 Å². The minimum absolute atomic E-state index is 0.293. The molecule has 0 unspecified atom stereocenters. The second-order valence-electron chi connectivity index (χ2n) is 3.63. The van der Waals surface area contributed by atoms with Crippen LogP contribution in [0.4, 0.5) is 10.5 Å². The molecule has 1 aliphatic rings. The van der Waals surface area contributed by atoms with Gasteiger partial charge in [-0.25, -0.2) is 9.48 Å². The third-order valence-electron chi connectivity index (χ3n) is 2.61. The summed E-state index contributed by atoms with van der Waals surface area (Å²) in [5, 5.41) is 7.63. The van der Waals surface area contributed by atoms with Gasteiger partial charge in [0.25, 0.3) is 0 Å². The second-order valence-corrected chi connectivity index (χ2v) is 3.63. The van der Waals surface area contributed by atoms with Gasteiger partial charge in [0.15, 0.2) is 0 Å². The predicted molar refractivity (Wildman–Crippen MR) is 60.1 cm³/mol. The van der Waals surface area contributed by atoms with E-state index in [1.807, 2.05) is 24.3 Å². The van der Waals surface area contributed by atoms with Crippen LogP contribution >= 0.6 is 0 Å². The molecule has 0 spiro atoms. The van der Waals surface area contributed by atoms with Gasteiger partial charge in [-0.2, -0.15) is 0 Å². The third kappa shape index (κ3) is 1.73. The molecule has 0 radical (unpaired) electrons. The van der Waals surface area contributed by atoms with Gasteiger partial charge in [0.05, 0.1) is 24.6 Å². The Balaban J connectivity index is 1.87. The lowest BCUT2D eigenvalue weighted by Gasteiger charge is -2.12. The highest BCUT2D eigenvalue weighted by Crippen LogP contribution is 2.20. The van der Waals surface area contributed by atoms with Crippen molar-refractivity contribution >= 4 is 11.8 Å². The first-order valence-electron chi connectivity index (χ1n) is 5.26. The van der Waals surface area contributed by atoms with Crippen LogP contribution in [0, 0.1) is 0 Å². The number of hydrogen-bond donors (Lipinski definition) is 0. The molecule has 0 aliphatic carbocycles. The average Bonchev–Trinajstić information content (AvgIpc) is 3.00. The first-order chi connectivity index (χ1) is 8.34. The molecule has 1 amide bonds. The van der Waals surface area contributed by atoms with E-state index >= 15 is 0 Å². The van der Waals surface area contributed by atoms with Crippen LogP contribution in [0.1, 0.15) is 0 Å². The van der Waals surface area contributed by atoms with Crippen LogP contribution in [0.2, 0.25) is 0 Å². The highest BCUT2D eigenvalue weighted by molar-refractivity contribution is 5.89. The van der Waals surface area contributed by atoms with Gasteiger partial charge < -0.3 is 4.74 Å². The van der Waals surface area contributed by atoms with Crippen LogP contribution in [0.15, 0.2) is 36.7 Å². The maximum atomic E-state index is 11.4. The van der Waals surface area contributed by atoms with Crippen LogP contribution in [0.25, 0.3) is 5.69 Å². The zero-order valence-electron chi connectivity index (χ0n) is 8.98. The summed E-state index contributed by atoms with van der Waals surface area (Å²) >= 11 is 0. The summed E-state index contributed by atoms with van der Waals surface area (Å²) in [5.74, 6) is 0. The summed E-state index contributed by atoms with van der Waals surface area (Å²) in [4.78, 5) is 13.0.